The molecule has 9 aromatic rings. The predicted molar refractivity (Wildman–Crippen MR) is 199 cm³/mol. The van der Waals surface area contributed by atoms with Crippen LogP contribution in [-0.2, 0) is 0 Å². The van der Waals surface area contributed by atoms with Crippen LogP contribution in [0.3, 0.4) is 0 Å². The molecule has 0 aliphatic heterocycles. The van der Waals surface area contributed by atoms with Gasteiger partial charge in [-0.25, -0.2) is 4.98 Å². The number of benzene rings is 8. The standard InChI is InChI=1S/C44H29NS/c1-28-19-24-40-41(25-28)46-44(45-40)32-22-20-29(21-23-32)34-18-10-15-33-26-38-39(27-37(33)34)43(31-13-6-3-7-14-31)36-17-9-8-16-35(36)42(38)30-11-4-2-5-12-30/h2-27H,1H3. The summed E-state index contributed by atoms with van der Waals surface area (Å²) in [6.07, 6.45) is 0. The summed E-state index contributed by atoms with van der Waals surface area (Å²) in [7, 11) is 0. The van der Waals surface area contributed by atoms with Gasteiger partial charge in [0.1, 0.15) is 5.01 Å². The van der Waals surface area contributed by atoms with Gasteiger partial charge in [0, 0.05) is 5.56 Å². The van der Waals surface area contributed by atoms with Gasteiger partial charge in [-0.2, -0.15) is 0 Å². The van der Waals surface area contributed by atoms with E-state index < -0.39 is 0 Å². The van der Waals surface area contributed by atoms with Crippen LogP contribution in [0.25, 0.3) is 86.5 Å². The van der Waals surface area contributed by atoms with E-state index in [9.17, 15) is 0 Å². The number of hydrogen-bond acceptors (Lipinski definition) is 2. The molecule has 216 valence electrons. The molecule has 1 nitrogen and oxygen atoms in total. The first-order valence-corrected chi connectivity index (χ1v) is 16.5. The smallest absolute Gasteiger partial charge is 0.124 e. The van der Waals surface area contributed by atoms with Crippen molar-refractivity contribution in [1.29, 1.82) is 0 Å². The maximum atomic E-state index is 4.93. The molecule has 2 heteroatoms. The van der Waals surface area contributed by atoms with E-state index in [-0.39, 0.29) is 0 Å². The molecule has 46 heavy (non-hydrogen) atoms. The molecular formula is C44H29NS. The van der Waals surface area contributed by atoms with Crippen molar-refractivity contribution in [2.24, 2.45) is 0 Å². The molecular weight excluding hydrogens is 575 g/mol. The van der Waals surface area contributed by atoms with E-state index in [4.69, 9.17) is 4.98 Å². The third-order valence-electron chi connectivity index (χ3n) is 9.13. The summed E-state index contributed by atoms with van der Waals surface area (Å²) in [4.78, 5) is 4.93. The molecule has 0 aliphatic rings. The lowest BCUT2D eigenvalue weighted by molar-refractivity contribution is 1.45. The predicted octanol–water partition coefficient (Wildman–Crippen LogP) is 12.7. The van der Waals surface area contributed by atoms with Crippen LogP contribution in [0.5, 0.6) is 0 Å². The van der Waals surface area contributed by atoms with Gasteiger partial charge in [0.2, 0.25) is 0 Å². The van der Waals surface area contributed by atoms with Crippen LogP contribution in [0.4, 0.5) is 0 Å². The van der Waals surface area contributed by atoms with E-state index in [0.717, 1.165) is 16.1 Å². The zero-order valence-corrected chi connectivity index (χ0v) is 26.2. The van der Waals surface area contributed by atoms with E-state index in [1.807, 2.05) is 0 Å². The van der Waals surface area contributed by atoms with E-state index in [2.05, 4.69) is 165 Å². The van der Waals surface area contributed by atoms with Crippen molar-refractivity contribution in [3.05, 3.63) is 163 Å². The van der Waals surface area contributed by atoms with Gasteiger partial charge >= 0.3 is 0 Å². The lowest BCUT2D eigenvalue weighted by atomic mass is 9.84. The Labute approximate surface area is 272 Å². The molecule has 0 fully saturated rings. The highest BCUT2D eigenvalue weighted by Crippen LogP contribution is 2.46. The first-order valence-electron chi connectivity index (χ1n) is 15.7. The van der Waals surface area contributed by atoms with Crippen LogP contribution >= 0.6 is 11.3 Å². The van der Waals surface area contributed by atoms with Crippen LogP contribution in [0, 0.1) is 6.92 Å². The Morgan fingerprint density at radius 1 is 0.435 bits per heavy atom. The van der Waals surface area contributed by atoms with Crippen LogP contribution in [0.1, 0.15) is 5.56 Å². The van der Waals surface area contributed by atoms with E-state index in [1.54, 1.807) is 11.3 Å². The van der Waals surface area contributed by atoms with Crippen LogP contribution in [-0.4, -0.2) is 4.98 Å². The SMILES string of the molecule is Cc1ccc2nc(-c3ccc(-c4cccc5cc6c(-c7ccccc7)c7ccccc7c(-c7ccccc7)c6cc45)cc3)sc2c1. The summed E-state index contributed by atoms with van der Waals surface area (Å²) in [5.74, 6) is 0. The van der Waals surface area contributed by atoms with Crippen molar-refractivity contribution in [1.82, 2.24) is 4.98 Å². The first kappa shape index (κ1) is 26.8. The molecule has 9 rings (SSSR count). The number of aromatic nitrogens is 1. The van der Waals surface area contributed by atoms with Crippen molar-refractivity contribution in [3.63, 3.8) is 0 Å². The number of nitrogens with zero attached hydrogens (tertiary/aromatic N) is 1. The minimum atomic E-state index is 1.06. The fraction of sp³-hybridized carbons (Fsp3) is 0.0227. The fourth-order valence-corrected chi connectivity index (χ4v) is 8.05. The van der Waals surface area contributed by atoms with Gasteiger partial charge in [-0.15, -0.1) is 11.3 Å². The number of hydrogen-bond donors (Lipinski definition) is 0. The van der Waals surface area contributed by atoms with Crippen molar-refractivity contribution in [2.75, 3.05) is 0 Å². The molecule has 0 atom stereocenters. The van der Waals surface area contributed by atoms with E-state index in [0.29, 0.717) is 0 Å². The van der Waals surface area contributed by atoms with Crippen molar-refractivity contribution >= 4 is 53.9 Å². The molecule has 0 aliphatic carbocycles. The van der Waals surface area contributed by atoms with Crippen molar-refractivity contribution in [2.45, 2.75) is 6.92 Å². The molecule has 1 heterocycles. The molecule has 0 spiro atoms. The summed E-state index contributed by atoms with van der Waals surface area (Å²) < 4.78 is 1.23. The Balaban J connectivity index is 1.29. The van der Waals surface area contributed by atoms with Crippen molar-refractivity contribution < 1.29 is 0 Å². The van der Waals surface area contributed by atoms with Gasteiger partial charge < -0.3 is 0 Å². The maximum Gasteiger partial charge on any atom is 0.124 e. The first-order chi connectivity index (χ1) is 22.7. The molecule has 8 aromatic carbocycles. The highest BCUT2D eigenvalue weighted by atomic mass is 32.1. The summed E-state index contributed by atoms with van der Waals surface area (Å²) in [5, 5.41) is 8.64. The lowest BCUT2D eigenvalue weighted by Gasteiger charge is -2.19. The highest BCUT2D eigenvalue weighted by Gasteiger charge is 2.18. The van der Waals surface area contributed by atoms with Gasteiger partial charge in [0.15, 0.2) is 0 Å². The Bertz CT molecular complexity index is 2560. The molecule has 1 aromatic heterocycles. The van der Waals surface area contributed by atoms with Gasteiger partial charge in [0.05, 0.1) is 10.2 Å². The van der Waals surface area contributed by atoms with E-state index >= 15 is 0 Å². The molecule has 0 unspecified atom stereocenters. The average Bonchev–Trinajstić information content (AvgIpc) is 3.54. The van der Waals surface area contributed by atoms with Gasteiger partial charge in [-0.05, 0) is 102 Å². The number of fused-ring (bicyclic) bond motifs is 4. The molecule has 0 radical (unpaired) electrons. The molecule has 0 amide bonds. The second-order valence-electron chi connectivity index (χ2n) is 12.0. The van der Waals surface area contributed by atoms with Crippen LogP contribution in [0.15, 0.2) is 158 Å². The Kier molecular flexibility index (Phi) is 6.29. The minimum absolute atomic E-state index is 1.06. The third-order valence-corrected chi connectivity index (χ3v) is 10.2. The van der Waals surface area contributed by atoms with E-state index in [1.165, 1.54) is 76.0 Å². The molecule has 0 saturated carbocycles. The van der Waals surface area contributed by atoms with Crippen LogP contribution in [0.2, 0.25) is 0 Å². The van der Waals surface area contributed by atoms with Crippen LogP contribution < -0.4 is 0 Å². The topological polar surface area (TPSA) is 12.9 Å². The lowest BCUT2D eigenvalue weighted by Crippen LogP contribution is -1.92. The quantitative estimate of drug-likeness (QED) is 0.182. The largest absolute Gasteiger partial charge is 0.236 e. The average molecular weight is 604 g/mol. The molecule has 0 saturated heterocycles. The zero-order valence-electron chi connectivity index (χ0n) is 25.4. The summed E-state index contributed by atoms with van der Waals surface area (Å²) in [6.45, 7) is 2.13. The Morgan fingerprint density at radius 3 is 1.72 bits per heavy atom. The second-order valence-corrected chi connectivity index (χ2v) is 13.1. The summed E-state index contributed by atoms with van der Waals surface area (Å²) in [5.41, 5.74) is 11.0. The summed E-state index contributed by atoms with van der Waals surface area (Å²) >= 11 is 1.76. The maximum absolute atomic E-state index is 4.93. The number of aryl methyl sites for hydroxylation is 1. The normalized spacial score (nSPS) is 11.6. The fourth-order valence-electron chi connectivity index (χ4n) is 6.98. The number of thiazole rings is 1. The van der Waals surface area contributed by atoms with Gasteiger partial charge in [-0.3, -0.25) is 0 Å². The third kappa shape index (κ3) is 4.42. The zero-order chi connectivity index (χ0) is 30.6. The monoisotopic (exact) mass is 603 g/mol. The second kappa shape index (κ2) is 10.8. The summed E-state index contributed by atoms with van der Waals surface area (Å²) in [6, 6.07) is 57.5. The number of rotatable bonds is 4. The Morgan fingerprint density at radius 2 is 1.04 bits per heavy atom. The molecule has 0 N–H and O–H groups in total. The minimum Gasteiger partial charge on any atom is -0.236 e. The van der Waals surface area contributed by atoms with Gasteiger partial charge in [0.25, 0.3) is 0 Å². The van der Waals surface area contributed by atoms with Gasteiger partial charge in [-0.1, -0.05) is 133 Å². The molecule has 0 bridgehead atoms. The van der Waals surface area contributed by atoms with Crippen molar-refractivity contribution in [3.8, 4) is 44.0 Å². The highest BCUT2D eigenvalue weighted by molar-refractivity contribution is 7.21. The Hall–Kier alpha value is -5.57.